The molecule has 0 aliphatic heterocycles. The molecule has 0 aliphatic carbocycles. The van der Waals surface area contributed by atoms with Crippen molar-refractivity contribution in [2.24, 2.45) is 0 Å². The van der Waals surface area contributed by atoms with Gasteiger partial charge in [-0.25, -0.2) is 0 Å². The van der Waals surface area contributed by atoms with Crippen LogP contribution in [0.3, 0.4) is 0 Å². The lowest BCUT2D eigenvalue weighted by atomic mass is 10.1. The van der Waals surface area contributed by atoms with Gasteiger partial charge in [-0.2, -0.15) is 4.68 Å². The monoisotopic (exact) mass is 313 g/mol. The third kappa shape index (κ3) is 2.87. The summed E-state index contributed by atoms with van der Waals surface area (Å²) in [5, 5.41) is 17.5. The van der Waals surface area contributed by atoms with Crippen molar-refractivity contribution in [1.82, 2.24) is 20.2 Å². The van der Waals surface area contributed by atoms with E-state index in [-0.39, 0.29) is 0 Å². The maximum atomic E-state index is 4.05. The molecule has 5 nitrogen and oxygen atoms in total. The number of nitrogens with one attached hydrogen (secondary N) is 1. The average molecular weight is 313 g/mol. The van der Waals surface area contributed by atoms with Gasteiger partial charge in [0.2, 0.25) is 0 Å². The topological polar surface area (TPSA) is 55.6 Å². The molecule has 0 saturated carbocycles. The zero-order chi connectivity index (χ0) is 16.2. The van der Waals surface area contributed by atoms with Crippen LogP contribution < -0.4 is 5.32 Å². The fraction of sp³-hybridized carbons (Fsp3) is 0. The Hall–Kier alpha value is -3.47. The molecule has 0 bridgehead atoms. The van der Waals surface area contributed by atoms with E-state index in [9.17, 15) is 0 Å². The lowest BCUT2D eigenvalue weighted by molar-refractivity contribution is 0.787. The Morgan fingerprint density at radius 2 is 1.62 bits per heavy atom. The Bertz CT molecular complexity index is 989. The van der Waals surface area contributed by atoms with Crippen molar-refractivity contribution in [1.29, 1.82) is 0 Å². The number of aromatic nitrogens is 4. The van der Waals surface area contributed by atoms with Crippen LogP contribution in [0.1, 0.15) is 5.82 Å². The van der Waals surface area contributed by atoms with E-state index in [0.29, 0.717) is 5.82 Å². The second-order valence-corrected chi connectivity index (χ2v) is 5.32. The van der Waals surface area contributed by atoms with Gasteiger partial charge in [0, 0.05) is 18.0 Å². The number of hydrogen-bond donors (Lipinski definition) is 1. The highest BCUT2D eigenvalue weighted by Crippen LogP contribution is 2.19. The Morgan fingerprint density at radius 3 is 2.50 bits per heavy atom. The van der Waals surface area contributed by atoms with Crippen LogP contribution in [-0.2, 0) is 0 Å². The van der Waals surface area contributed by atoms with Crippen molar-refractivity contribution >= 4 is 22.5 Å². The summed E-state index contributed by atoms with van der Waals surface area (Å²) in [5.74, 6) is 0.662. The molecule has 0 radical (unpaired) electrons. The number of para-hydroxylation sites is 1. The molecule has 24 heavy (non-hydrogen) atoms. The average Bonchev–Trinajstić information content (AvgIpc) is 3.11. The summed E-state index contributed by atoms with van der Waals surface area (Å²) in [6, 6.07) is 24.3. The van der Waals surface area contributed by atoms with E-state index in [1.165, 1.54) is 10.8 Å². The van der Waals surface area contributed by atoms with Gasteiger partial charge >= 0.3 is 0 Å². The molecule has 0 saturated heterocycles. The highest BCUT2D eigenvalue weighted by molar-refractivity contribution is 5.85. The standard InChI is InChI=1S/C19H15N5/c1-2-8-18(9-3-1)24-19(21-22-23-24)12-13-20-17-11-10-15-6-4-5-7-16(15)14-17/h1-14,20H/b13-12-. The van der Waals surface area contributed by atoms with Crippen molar-refractivity contribution in [3.8, 4) is 5.69 Å². The number of rotatable bonds is 4. The first-order valence-electron chi connectivity index (χ1n) is 7.66. The molecule has 4 rings (SSSR count). The van der Waals surface area contributed by atoms with E-state index in [1.807, 2.05) is 60.8 Å². The van der Waals surface area contributed by atoms with E-state index in [0.717, 1.165) is 11.4 Å². The zero-order valence-electron chi connectivity index (χ0n) is 12.9. The van der Waals surface area contributed by atoms with Crippen LogP contribution in [0.25, 0.3) is 22.5 Å². The van der Waals surface area contributed by atoms with E-state index in [4.69, 9.17) is 0 Å². The minimum atomic E-state index is 0.662. The second-order valence-electron chi connectivity index (χ2n) is 5.32. The third-order valence-electron chi connectivity index (χ3n) is 3.73. The van der Waals surface area contributed by atoms with Crippen molar-refractivity contribution in [3.63, 3.8) is 0 Å². The molecule has 1 heterocycles. The van der Waals surface area contributed by atoms with Crippen LogP contribution in [0.15, 0.2) is 79.0 Å². The van der Waals surface area contributed by atoms with Crippen molar-refractivity contribution < 1.29 is 0 Å². The number of fused-ring (bicyclic) bond motifs is 1. The summed E-state index contributed by atoms with van der Waals surface area (Å²) in [5.41, 5.74) is 1.94. The lowest BCUT2D eigenvalue weighted by Gasteiger charge is -2.03. The highest BCUT2D eigenvalue weighted by Gasteiger charge is 2.04. The van der Waals surface area contributed by atoms with E-state index in [2.05, 4.69) is 45.1 Å². The normalized spacial score (nSPS) is 11.2. The van der Waals surface area contributed by atoms with Crippen LogP contribution in [0.2, 0.25) is 0 Å². The predicted octanol–water partition coefficient (Wildman–Crippen LogP) is 3.90. The Morgan fingerprint density at radius 1 is 0.833 bits per heavy atom. The summed E-state index contributed by atoms with van der Waals surface area (Å²) in [7, 11) is 0. The molecule has 0 amide bonds. The molecule has 116 valence electrons. The maximum absolute atomic E-state index is 4.05. The lowest BCUT2D eigenvalue weighted by Crippen LogP contribution is -1.99. The first-order valence-corrected chi connectivity index (χ1v) is 7.66. The van der Waals surface area contributed by atoms with Gasteiger partial charge in [-0.05, 0) is 45.5 Å². The van der Waals surface area contributed by atoms with Crippen LogP contribution in [-0.4, -0.2) is 20.2 Å². The molecule has 3 aromatic carbocycles. The number of anilines is 1. The molecular weight excluding hydrogens is 298 g/mol. The van der Waals surface area contributed by atoms with Gasteiger partial charge in [0.05, 0.1) is 5.69 Å². The molecular formula is C19H15N5. The van der Waals surface area contributed by atoms with Crippen LogP contribution in [0.5, 0.6) is 0 Å². The first kappa shape index (κ1) is 14.1. The quantitative estimate of drug-likeness (QED) is 0.621. The second kappa shape index (κ2) is 6.34. The number of benzene rings is 3. The van der Waals surface area contributed by atoms with Gasteiger partial charge in [-0.3, -0.25) is 0 Å². The van der Waals surface area contributed by atoms with Gasteiger partial charge in [0.15, 0.2) is 5.82 Å². The van der Waals surface area contributed by atoms with Crippen LogP contribution in [0, 0.1) is 0 Å². The molecule has 1 N–H and O–H groups in total. The van der Waals surface area contributed by atoms with Gasteiger partial charge in [-0.15, -0.1) is 5.10 Å². The van der Waals surface area contributed by atoms with Crippen molar-refractivity contribution in [2.75, 3.05) is 5.32 Å². The summed E-state index contributed by atoms with van der Waals surface area (Å²) in [6.45, 7) is 0. The minimum absolute atomic E-state index is 0.662. The zero-order valence-corrected chi connectivity index (χ0v) is 12.9. The molecule has 0 atom stereocenters. The van der Waals surface area contributed by atoms with Crippen molar-refractivity contribution in [2.45, 2.75) is 0 Å². The Balaban J connectivity index is 1.54. The van der Waals surface area contributed by atoms with Crippen LogP contribution >= 0.6 is 0 Å². The molecule has 1 aromatic heterocycles. The largest absolute Gasteiger partial charge is 0.362 e. The summed E-state index contributed by atoms with van der Waals surface area (Å²) >= 11 is 0. The van der Waals surface area contributed by atoms with Gasteiger partial charge < -0.3 is 5.32 Å². The van der Waals surface area contributed by atoms with Gasteiger partial charge in [0.1, 0.15) is 0 Å². The minimum Gasteiger partial charge on any atom is -0.362 e. The van der Waals surface area contributed by atoms with E-state index < -0.39 is 0 Å². The number of tetrazole rings is 1. The molecule has 0 spiro atoms. The van der Waals surface area contributed by atoms with E-state index in [1.54, 1.807) is 4.68 Å². The molecule has 0 unspecified atom stereocenters. The summed E-state index contributed by atoms with van der Waals surface area (Å²) in [4.78, 5) is 0. The van der Waals surface area contributed by atoms with Gasteiger partial charge in [0.25, 0.3) is 0 Å². The summed E-state index contributed by atoms with van der Waals surface area (Å²) < 4.78 is 1.69. The van der Waals surface area contributed by atoms with Gasteiger partial charge in [-0.1, -0.05) is 48.5 Å². The molecule has 4 aromatic rings. The molecule has 0 fully saturated rings. The highest BCUT2D eigenvalue weighted by atomic mass is 15.5. The number of nitrogens with zero attached hydrogens (tertiary/aromatic N) is 4. The molecule has 0 aliphatic rings. The SMILES string of the molecule is C(=C/c1nnnn1-c1ccccc1)/Nc1ccc2ccccc2c1. The number of hydrogen-bond acceptors (Lipinski definition) is 4. The predicted molar refractivity (Wildman–Crippen MR) is 95.8 cm³/mol. The van der Waals surface area contributed by atoms with Crippen molar-refractivity contribution in [3.05, 3.63) is 84.8 Å². The fourth-order valence-corrected chi connectivity index (χ4v) is 2.54. The summed E-state index contributed by atoms with van der Waals surface area (Å²) in [6.07, 6.45) is 3.69. The third-order valence-corrected chi connectivity index (χ3v) is 3.73. The first-order chi connectivity index (χ1) is 11.9. The Kier molecular flexibility index (Phi) is 3.73. The van der Waals surface area contributed by atoms with Crippen LogP contribution in [0.4, 0.5) is 5.69 Å². The smallest absolute Gasteiger partial charge is 0.181 e. The Labute approximate surface area is 139 Å². The maximum Gasteiger partial charge on any atom is 0.181 e. The van der Waals surface area contributed by atoms with E-state index >= 15 is 0 Å². The fourth-order valence-electron chi connectivity index (χ4n) is 2.54. The molecule has 5 heteroatoms.